The quantitative estimate of drug-likeness (QED) is 0.888. The predicted octanol–water partition coefficient (Wildman–Crippen LogP) is 1.74. The number of aromatic carboxylic acids is 1. The van der Waals surface area contributed by atoms with E-state index in [1.807, 2.05) is 0 Å². The fraction of sp³-hybridized carbons (Fsp3) is 0.462. The second-order valence-corrected chi connectivity index (χ2v) is 4.49. The van der Waals surface area contributed by atoms with Crippen molar-refractivity contribution in [3.8, 4) is 0 Å². The van der Waals surface area contributed by atoms with Crippen molar-refractivity contribution in [2.24, 2.45) is 0 Å². The van der Waals surface area contributed by atoms with Crippen LogP contribution in [0.25, 0.3) is 0 Å². The van der Waals surface area contributed by atoms with Crippen LogP contribution in [0, 0.1) is 5.82 Å². The van der Waals surface area contributed by atoms with Crippen LogP contribution in [0.15, 0.2) is 18.2 Å². The van der Waals surface area contributed by atoms with Crippen LogP contribution in [0.3, 0.4) is 0 Å². The van der Waals surface area contributed by atoms with Crippen molar-refractivity contribution in [2.75, 3.05) is 20.2 Å². The van der Waals surface area contributed by atoms with E-state index < -0.39 is 11.8 Å². The van der Waals surface area contributed by atoms with Gasteiger partial charge in [-0.3, -0.25) is 4.90 Å². The monoisotopic (exact) mass is 253 g/mol. The molecule has 0 aromatic heterocycles. The molecule has 0 saturated carbocycles. The van der Waals surface area contributed by atoms with Gasteiger partial charge in [0.25, 0.3) is 0 Å². The summed E-state index contributed by atoms with van der Waals surface area (Å²) in [5.74, 6) is -1.43. The van der Waals surface area contributed by atoms with Gasteiger partial charge in [0.1, 0.15) is 5.82 Å². The fourth-order valence-corrected chi connectivity index (χ4v) is 2.28. The lowest BCUT2D eigenvalue weighted by atomic mass is 10.1. The van der Waals surface area contributed by atoms with Gasteiger partial charge in [-0.25, -0.2) is 9.18 Å². The lowest BCUT2D eigenvalue weighted by Gasteiger charge is -2.17. The summed E-state index contributed by atoms with van der Waals surface area (Å²) >= 11 is 0. The van der Waals surface area contributed by atoms with Crippen LogP contribution in [-0.4, -0.2) is 42.3 Å². The van der Waals surface area contributed by atoms with Crippen LogP contribution in [0.5, 0.6) is 0 Å². The average Bonchev–Trinajstić information content (AvgIpc) is 2.76. The zero-order valence-corrected chi connectivity index (χ0v) is 10.2. The Morgan fingerprint density at radius 2 is 2.39 bits per heavy atom. The zero-order chi connectivity index (χ0) is 13.1. The molecule has 0 amide bonds. The first kappa shape index (κ1) is 13.0. The number of rotatable bonds is 4. The maximum absolute atomic E-state index is 13.2. The van der Waals surface area contributed by atoms with E-state index >= 15 is 0 Å². The molecule has 2 rings (SSSR count). The summed E-state index contributed by atoms with van der Waals surface area (Å²) in [7, 11) is 1.67. The topological polar surface area (TPSA) is 49.8 Å². The molecule has 4 nitrogen and oxygen atoms in total. The molecule has 1 N–H and O–H groups in total. The van der Waals surface area contributed by atoms with Gasteiger partial charge in [0.2, 0.25) is 0 Å². The van der Waals surface area contributed by atoms with Crippen molar-refractivity contribution in [3.05, 3.63) is 35.1 Å². The largest absolute Gasteiger partial charge is 0.478 e. The van der Waals surface area contributed by atoms with Gasteiger partial charge in [-0.2, -0.15) is 0 Å². The molecule has 98 valence electrons. The number of halogens is 1. The van der Waals surface area contributed by atoms with Gasteiger partial charge in [0.15, 0.2) is 0 Å². The lowest BCUT2D eigenvalue weighted by Crippen LogP contribution is -2.23. The maximum Gasteiger partial charge on any atom is 0.336 e. The average molecular weight is 253 g/mol. The summed E-state index contributed by atoms with van der Waals surface area (Å²) in [5.41, 5.74) is 0.677. The van der Waals surface area contributed by atoms with Crippen molar-refractivity contribution < 1.29 is 19.0 Å². The Labute approximate surface area is 105 Å². The van der Waals surface area contributed by atoms with Gasteiger partial charge in [-0.15, -0.1) is 0 Å². The molecule has 1 saturated heterocycles. The highest BCUT2D eigenvalue weighted by atomic mass is 19.1. The minimum absolute atomic E-state index is 0.164. The molecular weight excluding hydrogens is 237 g/mol. The third-order valence-electron chi connectivity index (χ3n) is 3.25. The summed E-state index contributed by atoms with van der Waals surface area (Å²) in [6, 6.07) is 3.79. The minimum Gasteiger partial charge on any atom is -0.478 e. The molecule has 1 fully saturated rings. The van der Waals surface area contributed by atoms with Gasteiger partial charge in [0.05, 0.1) is 11.7 Å². The zero-order valence-electron chi connectivity index (χ0n) is 10.2. The Bertz CT molecular complexity index is 450. The van der Waals surface area contributed by atoms with Crippen LogP contribution in [-0.2, 0) is 11.3 Å². The standard InChI is InChI=1S/C13H16FNO3/c1-18-11-4-5-15(8-11)7-9-6-10(14)2-3-12(9)13(16)17/h2-3,6,11H,4-5,7-8H2,1H3,(H,16,17). The first-order valence-electron chi connectivity index (χ1n) is 5.87. The second kappa shape index (κ2) is 5.46. The highest BCUT2D eigenvalue weighted by Crippen LogP contribution is 2.19. The molecule has 1 aromatic rings. The molecule has 0 bridgehead atoms. The van der Waals surface area contributed by atoms with E-state index in [0.717, 1.165) is 19.5 Å². The molecule has 1 aliphatic rings. The van der Waals surface area contributed by atoms with Gasteiger partial charge in [0, 0.05) is 26.7 Å². The van der Waals surface area contributed by atoms with Crippen molar-refractivity contribution in [1.29, 1.82) is 0 Å². The van der Waals surface area contributed by atoms with Crippen LogP contribution >= 0.6 is 0 Å². The van der Waals surface area contributed by atoms with E-state index in [2.05, 4.69) is 4.90 Å². The molecule has 1 unspecified atom stereocenters. The highest BCUT2D eigenvalue weighted by molar-refractivity contribution is 5.89. The highest BCUT2D eigenvalue weighted by Gasteiger charge is 2.23. The number of carboxylic acids is 1. The van der Waals surface area contributed by atoms with Gasteiger partial charge < -0.3 is 9.84 Å². The lowest BCUT2D eigenvalue weighted by molar-refractivity contribution is 0.0694. The molecule has 5 heteroatoms. The summed E-state index contributed by atoms with van der Waals surface area (Å²) in [6.45, 7) is 2.04. The van der Waals surface area contributed by atoms with Crippen molar-refractivity contribution in [3.63, 3.8) is 0 Å². The normalized spacial score (nSPS) is 20.2. The first-order valence-corrected chi connectivity index (χ1v) is 5.87. The third kappa shape index (κ3) is 2.86. The van der Waals surface area contributed by atoms with E-state index in [1.165, 1.54) is 18.2 Å². The second-order valence-electron chi connectivity index (χ2n) is 4.49. The predicted molar refractivity (Wildman–Crippen MR) is 64.1 cm³/mol. The number of benzene rings is 1. The number of carbonyl (C=O) groups is 1. The number of hydrogen-bond acceptors (Lipinski definition) is 3. The number of hydrogen-bond donors (Lipinski definition) is 1. The third-order valence-corrected chi connectivity index (χ3v) is 3.25. The van der Waals surface area contributed by atoms with E-state index in [1.54, 1.807) is 7.11 Å². The number of likely N-dealkylation sites (tertiary alicyclic amines) is 1. The molecule has 1 aliphatic heterocycles. The number of nitrogens with zero attached hydrogens (tertiary/aromatic N) is 1. The first-order chi connectivity index (χ1) is 8.60. The van der Waals surface area contributed by atoms with E-state index in [0.29, 0.717) is 12.1 Å². The Hall–Kier alpha value is -1.46. The molecule has 1 aromatic carbocycles. The molecule has 1 atom stereocenters. The molecule has 0 radical (unpaired) electrons. The van der Waals surface area contributed by atoms with Gasteiger partial charge in [-0.05, 0) is 30.2 Å². The SMILES string of the molecule is COC1CCN(Cc2cc(F)ccc2C(=O)O)C1. The van der Waals surface area contributed by atoms with Crippen molar-refractivity contribution in [1.82, 2.24) is 4.90 Å². The summed E-state index contributed by atoms with van der Waals surface area (Å²) in [6.07, 6.45) is 1.11. The number of methoxy groups -OCH3 is 1. The minimum atomic E-state index is -1.02. The van der Waals surface area contributed by atoms with Crippen molar-refractivity contribution in [2.45, 2.75) is 19.1 Å². The smallest absolute Gasteiger partial charge is 0.336 e. The van der Waals surface area contributed by atoms with Crippen LogP contribution in [0.2, 0.25) is 0 Å². The molecular formula is C13H16FNO3. The van der Waals surface area contributed by atoms with Crippen molar-refractivity contribution >= 4 is 5.97 Å². The van der Waals surface area contributed by atoms with E-state index in [4.69, 9.17) is 9.84 Å². The molecule has 18 heavy (non-hydrogen) atoms. The van der Waals surface area contributed by atoms with Gasteiger partial charge in [-0.1, -0.05) is 0 Å². The van der Waals surface area contributed by atoms with Crippen LogP contribution in [0.1, 0.15) is 22.3 Å². The maximum atomic E-state index is 13.2. The van der Waals surface area contributed by atoms with Crippen LogP contribution < -0.4 is 0 Å². The van der Waals surface area contributed by atoms with Gasteiger partial charge >= 0.3 is 5.97 Å². The van der Waals surface area contributed by atoms with E-state index in [9.17, 15) is 9.18 Å². The summed E-state index contributed by atoms with van der Waals surface area (Å²) in [4.78, 5) is 13.1. The Kier molecular flexibility index (Phi) is 3.93. The number of carboxylic acid groups (broad SMARTS) is 1. The van der Waals surface area contributed by atoms with Crippen LogP contribution in [0.4, 0.5) is 4.39 Å². The molecule has 1 heterocycles. The Morgan fingerprint density at radius 3 is 3.00 bits per heavy atom. The Morgan fingerprint density at radius 1 is 1.61 bits per heavy atom. The number of ether oxygens (including phenoxy) is 1. The summed E-state index contributed by atoms with van der Waals surface area (Å²) < 4.78 is 18.4. The Balaban J connectivity index is 2.13. The molecule has 0 aliphatic carbocycles. The molecule has 0 spiro atoms. The fourth-order valence-electron chi connectivity index (χ4n) is 2.28. The summed E-state index contributed by atoms with van der Waals surface area (Å²) in [5, 5.41) is 9.06. The van der Waals surface area contributed by atoms with E-state index in [-0.39, 0.29) is 11.7 Å².